The third kappa shape index (κ3) is 3.17. The van der Waals surface area contributed by atoms with E-state index in [0.717, 1.165) is 5.56 Å². The van der Waals surface area contributed by atoms with Crippen LogP contribution in [0.15, 0.2) is 48.5 Å². The molecule has 0 N–H and O–H groups in total. The second-order valence-corrected chi connectivity index (χ2v) is 4.38. The van der Waals surface area contributed by atoms with Crippen LogP contribution >= 0.6 is 11.6 Å². The number of para-hydroxylation sites is 1. The lowest BCUT2D eigenvalue weighted by Crippen LogP contribution is -1.97. The van der Waals surface area contributed by atoms with Gasteiger partial charge < -0.3 is 0 Å². The van der Waals surface area contributed by atoms with Gasteiger partial charge >= 0.3 is 0 Å². The van der Waals surface area contributed by atoms with Crippen molar-refractivity contribution in [2.75, 3.05) is 0 Å². The van der Waals surface area contributed by atoms with Crippen molar-refractivity contribution in [3.63, 3.8) is 0 Å². The number of nitro groups is 1. The third-order valence-electron chi connectivity index (χ3n) is 2.76. The summed E-state index contributed by atoms with van der Waals surface area (Å²) >= 11 is 5.35. The van der Waals surface area contributed by atoms with Gasteiger partial charge in [0.05, 0.1) is 4.92 Å². The second kappa shape index (κ2) is 5.63. The average molecular weight is 276 g/mol. The normalized spacial score (nSPS) is 10.2. The molecule has 0 fully saturated rings. The number of nitro benzene ring substituents is 1. The van der Waals surface area contributed by atoms with Crippen LogP contribution in [0.5, 0.6) is 0 Å². The van der Waals surface area contributed by atoms with Gasteiger partial charge in [-0.3, -0.25) is 14.9 Å². The first-order valence-electron chi connectivity index (χ1n) is 5.59. The summed E-state index contributed by atoms with van der Waals surface area (Å²) in [6, 6.07) is 13.3. The fourth-order valence-corrected chi connectivity index (χ4v) is 1.94. The first-order valence-corrected chi connectivity index (χ1v) is 5.97. The topological polar surface area (TPSA) is 60.2 Å². The molecule has 0 amide bonds. The maximum absolute atomic E-state index is 10.9. The van der Waals surface area contributed by atoms with Gasteiger partial charge in [-0.25, -0.2) is 0 Å². The van der Waals surface area contributed by atoms with Crippen molar-refractivity contribution in [3.05, 3.63) is 75.3 Å². The number of carbonyl (C=O) groups is 1. The van der Waals surface area contributed by atoms with Gasteiger partial charge in [0.2, 0.25) is 0 Å². The molecule has 2 rings (SSSR count). The van der Waals surface area contributed by atoms with Crippen molar-refractivity contribution in [1.82, 2.24) is 0 Å². The van der Waals surface area contributed by atoms with Crippen molar-refractivity contribution < 1.29 is 9.72 Å². The van der Waals surface area contributed by atoms with Crippen molar-refractivity contribution in [1.29, 1.82) is 0 Å². The summed E-state index contributed by atoms with van der Waals surface area (Å²) in [7, 11) is 0. The Kier molecular flexibility index (Phi) is 3.92. The molecule has 0 saturated carbocycles. The summed E-state index contributed by atoms with van der Waals surface area (Å²) in [6.45, 7) is 0. The molecule has 0 aromatic heterocycles. The van der Waals surface area contributed by atoms with E-state index in [0.29, 0.717) is 17.5 Å². The highest BCUT2D eigenvalue weighted by Gasteiger charge is 2.12. The Labute approximate surface area is 114 Å². The van der Waals surface area contributed by atoms with Gasteiger partial charge in [0.15, 0.2) is 0 Å². The number of hydrogen-bond acceptors (Lipinski definition) is 3. The molecule has 0 unspecified atom stereocenters. The van der Waals surface area contributed by atoms with Gasteiger partial charge in [-0.2, -0.15) is 0 Å². The predicted octanol–water partition coefficient (Wildman–Crippen LogP) is 3.56. The molecule has 0 saturated heterocycles. The largest absolute Gasteiger partial charge is 0.276 e. The molecular formula is C14H10ClNO3. The molecule has 2 aromatic carbocycles. The maximum atomic E-state index is 10.9. The van der Waals surface area contributed by atoms with E-state index in [1.807, 2.05) is 0 Å². The highest BCUT2D eigenvalue weighted by atomic mass is 35.5. The van der Waals surface area contributed by atoms with Crippen LogP contribution in [0, 0.1) is 10.1 Å². The number of hydrogen-bond donors (Lipinski definition) is 0. The highest BCUT2D eigenvalue weighted by molar-refractivity contribution is 6.67. The van der Waals surface area contributed by atoms with Gasteiger partial charge in [-0.15, -0.1) is 0 Å². The van der Waals surface area contributed by atoms with Crippen LogP contribution in [-0.2, 0) is 6.42 Å². The fourth-order valence-electron chi connectivity index (χ4n) is 1.81. The quantitative estimate of drug-likeness (QED) is 0.487. The molecule has 0 aliphatic heterocycles. The SMILES string of the molecule is O=C(Cl)c1ccc(Cc2ccccc2[N+](=O)[O-])cc1. The van der Waals surface area contributed by atoms with Crippen LogP contribution in [0.1, 0.15) is 21.5 Å². The van der Waals surface area contributed by atoms with Crippen LogP contribution in [0.3, 0.4) is 0 Å². The van der Waals surface area contributed by atoms with Crippen molar-refractivity contribution in [2.45, 2.75) is 6.42 Å². The molecule has 19 heavy (non-hydrogen) atoms. The predicted molar refractivity (Wildman–Crippen MR) is 72.5 cm³/mol. The van der Waals surface area contributed by atoms with E-state index in [1.54, 1.807) is 42.5 Å². The van der Waals surface area contributed by atoms with E-state index in [4.69, 9.17) is 11.6 Å². The fraction of sp³-hybridized carbons (Fsp3) is 0.0714. The van der Waals surface area contributed by atoms with Crippen LogP contribution in [0.2, 0.25) is 0 Å². The zero-order valence-electron chi connectivity index (χ0n) is 9.88. The minimum absolute atomic E-state index is 0.0972. The summed E-state index contributed by atoms with van der Waals surface area (Å²) in [5, 5.41) is 10.4. The van der Waals surface area contributed by atoms with Crippen molar-refractivity contribution in [2.24, 2.45) is 0 Å². The summed E-state index contributed by atoms with van der Waals surface area (Å²) in [6.07, 6.45) is 0.438. The van der Waals surface area contributed by atoms with E-state index >= 15 is 0 Å². The minimum Gasteiger partial charge on any atom is -0.276 e. The van der Waals surface area contributed by atoms with Gasteiger partial charge in [-0.05, 0) is 29.3 Å². The molecule has 0 atom stereocenters. The maximum Gasteiger partial charge on any atom is 0.272 e. The number of halogens is 1. The molecule has 4 nitrogen and oxygen atoms in total. The zero-order chi connectivity index (χ0) is 13.8. The Morgan fingerprint density at radius 2 is 1.74 bits per heavy atom. The summed E-state index contributed by atoms with van der Waals surface area (Å²) in [5.74, 6) is 0. The zero-order valence-corrected chi connectivity index (χ0v) is 10.6. The molecule has 2 aromatic rings. The lowest BCUT2D eigenvalue weighted by atomic mass is 10.0. The molecule has 0 heterocycles. The second-order valence-electron chi connectivity index (χ2n) is 4.03. The van der Waals surface area contributed by atoms with E-state index < -0.39 is 10.2 Å². The molecule has 0 bridgehead atoms. The average Bonchev–Trinajstić information content (AvgIpc) is 2.39. The van der Waals surface area contributed by atoms with E-state index in [9.17, 15) is 14.9 Å². The van der Waals surface area contributed by atoms with E-state index in [2.05, 4.69) is 0 Å². The third-order valence-corrected chi connectivity index (χ3v) is 2.98. The molecule has 0 aliphatic carbocycles. The Morgan fingerprint density at radius 1 is 1.11 bits per heavy atom. The van der Waals surface area contributed by atoms with Crippen LogP contribution in [-0.4, -0.2) is 10.2 Å². The molecule has 0 spiro atoms. The Hall–Kier alpha value is -2.20. The molecule has 0 radical (unpaired) electrons. The van der Waals surface area contributed by atoms with Gasteiger partial charge in [0.1, 0.15) is 0 Å². The molecule has 5 heteroatoms. The standard InChI is InChI=1S/C14H10ClNO3/c15-14(17)11-7-5-10(6-8-11)9-12-3-1-2-4-13(12)16(18)19/h1-8H,9H2. The number of nitrogens with zero attached hydrogens (tertiary/aromatic N) is 1. The smallest absolute Gasteiger partial charge is 0.272 e. The van der Waals surface area contributed by atoms with Crippen LogP contribution in [0.25, 0.3) is 0 Å². The van der Waals surface area contributed by atoms with E-state index in [-0.39, 0.29) is 5.69 Å². The van der Waals surface area contributed by atoms with E-state index in [1.165, 1.54) is 6.07 Å². The van der Waals surface area contributed by atoms with Crippen LogP contribution in [0.4, 0.5) is 5.69 Å². The van der Waals surface area contributed by atoms with Crippen molar-refractivity contribution >= 4 is 22.5 Å². The monoisotopic (exact) mass is 275 g/mol. The molecule has 96 valence electrons. The molecule has 0 aliphatic rings. The van der Waals surface area contributed by atoms with Crippen LogP contribution < -0.4 is 0 Å². The summed E-state index contributed by atoms with van der Waals surface area (Å²) in [5.41, 5.74) is 2.03. The minimum atomic E-state index is -0.516. The number of benzene rings is 2. The van der Waals surface area contributed by atoms with Crippen molar-refractivity contribution in [3.8, 4) is 0 Å². The summed E-state index contributed by atoms with van der Waals surface area (Å²) in [4.78, 5) is 21.4. The first kappa shape index (κ1) is 13.2. The van der Waals surface area contributed by atoms with Gasteiger partial charge in [0, 0.05) is 23.6 Å². The number of carbonyl (C=O) groups excluding carboxylic acids is 1. The Balaban J connectivity index is 2.26. The van der Waals surface area contributed by atoms with Gasteiger partial charge in [0.25, 0.3) is 10.9 Å². The highest BCUT2D eigenvalue weighted by Crippen LogP contribution is 2.21. The summed E-state index contributed by atoms with van der Waals surface area (Å²) < 4.78 is 0. The Bertz CT molecular complexity index is 623. The Morgan fingerprint density at radius 3 is 2.32 bits per heavy atom. The number of rotatable bonds is 4. The molecular weight excluding hydrogens is 266 g/mol. The lowest BCUT2D eigenvalue weighted by Gasteiger charge is -2.03. The first-order chi connectivity index (χ1) is 9.08. The lowest BCUT2D eigenvalue weighted by molar-refractivity contribution is -0.385. The van der Waals surface area contributed by atoms with Gasteiger partial charge in [-0.1, -0.05) is 30.3 Å².